The molecule has 390 valence electrons. The van der Waals surface area contributed by atoms with Crippen LogP contribution in [0.1, 0.15) is 155 Å². The van der Waals surface area contributed by atoms with Crippen molar-refractivity contribution in [3.63, 3.8) is 0 Å². The summed E-state index contributed by atoms with van der Waals surface area (Å²) >= 11 is 0. The molecule has 0 radical (unpaired) electrons. The van der Waals surface area contributed by atoms with Crippen molar-refractivity contribution in [1.29, 1.82) is 0 Å². The molecule has 10 atom stereocenters. The van der Waals surface area contributed by atoms with E-state index in [-0.39, 0.29) is 12.8 Å². The maximum Gasteiger partial charge on any atom is 0.472 e. The minimum atomic E-state index is -5.38. The Bertz CT molecular complexity index is 1660. The van der Waals surface area contributed by atoms with Crippen LogP contribution in [0, 0.1) is 0 Å². The second-order valence-corrected chi connectivity index (χ2v) is 19.8. The molecule has 17 nitrogen and oxygen atoms in total. The Hall–Kier alpha value is -2.60. The number of esters is 2. The predicted octanol–water partition coefficient (Wildman–Crippen LogP) is 8.61. The lowest BCUT2D eigenvalue weighted by Crippen LogP contribution is -2.64. The number of aliphatic hydroxyl groups is 4. The average molecular weight is 1010 g/mol. The van der Waals surface area contributed by atoms with Gasteiger partial charge in [0, 0.05) is 12.8 Å². The molecule has 0 amide bonds. The van der Waals surface area contributed by atoms with E-state index in [0.29, 0.717) is 44.3 Å². The second-order valence-electron chi connectivity index (χ2n) is 17.2. The maximum atomic E-state index is 13.0. The van der Waals surface area contributed by atoms with Crippen molar-refractivity contribution in [1.82, 2.24) is 0 Å². The molecule has 2 fully saturated rings. The summed E-state index contributed by atoms with van der Waals surface area (Å²) in [5.41, 5.74) is 0. The number of allylic oxidation sites excluding steroid dienone is 11. The molecule has 0 aromatic carbocycles. The van der Waals surface area contributed by atoms with Crippen molar-refractivity contribution in [2.24, 2.45) is 0 Å². The molecule has 0 spiro atoms. The molecular weight excluding hydrogens is 922 g/mol. The van der Waals surface area contributed by atoms with Gasteiger partial charge in [-0.25, -0.2) is 9.13 Å². The summed E-state index contributed by atoms with van der Waals surface area (Å²) in [5, 5.41) is 41.3. The van der Waals surface area contributed by atoms with E-state index >= 15 is 0 Å². The van der Waals surface area contributed by atoms with Gasteiger partial charge in [0.1, 0.15) is 43.2 Å². The van der Waals surface area contributed by atoms with Crippen LogP contribution in [0.3, 0.4) is 0 Å². The molecule has 68 heavy (non-hydrogen) atoms. The average Bonchev–Trinajstić information content (AvgIpc) is 4.05. The molecule has 1 aliphatic heterocycles. The summed E-state index contributed by atoms with van der Waals surface area (Å²) in [6, 6.07) is 0. The van der Waals surface area contributed by atoms with Gasteiger partial charge in [-0.1, -0.05) is 138 Å². The Morgan fingerprint density at radius 1 is 0.544 bits per heavy atom. The molecule has 1 saturated carbocycles. The zero-order valence-corrected chi connectivity index (χ0v) is 42.0. The van der Waals surface area contributed by atoms with Crippen molar-refractivity contribution in [3.8, 4) is 0 Å². The van der Waals surface area contributed by atoms with Crippen LogP contribution in [0.25, 0.3) is 0 Å². The number of hydrogen-bond acceptors (Lipinski definition) is 14. The van der Waals surface area contributed by atoms with Gasteiger partial charge in [0.15, 0.2) is 6.10 Å². The summed E-state index contributed by atoms with van der Waals surface area (Å²) in [5.74, 6) is -1.34. The van der Waals surface area contributed by atoms with Crippen LogP contribution in [-0.2, 0) is 46.5 Å². The number of ether oxygens (including phenoxy) is 3. The third kappa shape index (κ3) is 29.6. The third-order valence-corrected chi connectivity index (χ3v) is 12.7. The van der Waals surface area contributed by atoms with Crippen LogP contribution in [0.4, 0.5) is 0 Å². The first kappa shape index (κ1) is 61.5. The third-order valence-electron chi connectivity index (χ3n) is 11.2. The molecule has 19 heteroatoms. The number of rotatable bonds is 39. The Balaban J connectivity index is 1.83. The van der Waals surface area contributed by atoms with Crippen molar-refractivity contribution in [2.45, 2.75) is 210 Å². The van der Waals surface area contributed by atoms with E-state index in [4.69, 9.17) is 23.3 Å². The zero-order chi connectivity index (χ0) is 50.0. The van der Waals surface area contributed by atoms with Gasteiger partial charge < -0.3 is 49.3 Å². The first-order valence-electron chi connectivity index (χ1n) is 24.6. The number of carbonyl (C=O) groups excluding carboxylic acids is 2. The lowest BCUT2D eigenvalue weighted by atomic mass is 9.85. The highest BCUT2D eigenvalue weighted by Crippen LogP contribution is 2.49. The van der Waals surface area contributed by atoms with Gasteiger partial charge in [-0.2, -0.15) is 0 Å². The lowest BCUT2D eigenvalue weighted by molar-refractivity contribution is -0.216. The van der Waals surface area contributed by atoms with E-state index in [1.165, 1.54) is 57.8 Å². The summed E-state index contributed by atoms with van der Waals surface area (Å²) in [7, 11) is -10.7. The molecule has 2 aliphatic rings. The standard InChI is InChI=1S/C49H82O17P2/c1-3-5-7-8-9-10-11-12-13-14-15-16-17-21-24-27-31-35-42(50)61-37-39(38-62-68(59,60)66-49-46(54)44(52)45(53)48(47(49)55)65-67(56,57)58)63-43(51)36-32-28-25-22-19-18-20-23-26-30-34-41-40(64-41)33-29-6-4-2/h12-13,15-16,18,20-22,24-26,30,39-41,44-49,52-55H,3-11,14,17,19,23,27-29,31-38H2,1-2H3,(H,59,60)(H2,56,57,58)/b13-12-,16-15-,20-18-,24-21-,25-22-,30-26-/t39-,40?,41?,44?,45?,46?,47?,48-,49+/m1/s1. The van der Waals surface area contributed by atoms with Crippen LogP contribution >= 0.6 is 15.6 Å². The van der Waals surface area contributed by atoms with Gasteiger partial charge in [0.2, 0.25) is 0 Å². The Morgan fingerprint density at radius 3 is 1.60 bits per heavy atom. The first-order chi connectivity index (χ1) is 32.6. The van der Waals surface area contributed by atoms with E-state index in [1.807, 2.05) is 24.3 Å². The maximum absolute atomic E-state index is 13.0. The molecule has 0 bridgehead atoms. The Morgan fingerprint density at radius 2 is 1.03 bits per heavy atom. The predicted molar refractivity (Wildman–Crippen MR) is 259 cm³/mol. The normalized spacial score (nSPS) is 24.8. The van der Waals surface area contributed by atoms with Crippen molar-refractivity contribution >= 4 is 27.6 Å². The van der Waals surface area contributed by atoms with Crippen LogP contribution in [0.5, 0.6) is 0 Å². The minimum absolute atomic E-state index is 0.0316. The fourth-order valence-corrected chi connectivity index (χ4v) is 8.78. The smallest absolute Gasteiger partial charge is 0.462 e. The number of aliphatic hydroxyl groups excluding tert-OH is 4. The van der Waals surface area contributed by atoms with Crippen molar-refractivity contribution in [2.75, 3.05) is 13.2 Å². The monoisotopic (exact) mass is 1000 g/mol. The topological polar surface area (TPSA) is 269 Å². The highest BCUT2D eigenvalue weighted by atomic mass is 31.2. The van der Waals surface area contributed by atoms with E-state index < -0.39 is 83.5 Å². The Kier molecular flexibility index (Phi) is 32.9. The highest BCUT2D eigenvalue weighted by Gasteiger charge is 2.54. The number of epoxide rings is 1. The molecule has 2 rings (SSSR count). The quantitative estimate of drug-likeness (QED) is 0.00998. The van der Waals surface area contributed by atoms with E-state index in [1.54, 1.807) is 0 Å². The van der Waals surface area contributed by atoms with Crippen LogP contribution in [0.15, 0.2) is 72.9 Å². The van der Waals surface area contributed by atoms with E-state index in [2.05, 4.69) is 67.0 Å². The van der Waals surface area contributed by atoms with E-state index in [0.717, 1.165) is 38.5 Å². The van der Waals surface area contributed by atoms with Gasteiger partial charge in [0.25, 0.3) is 0 Å². The van der Waals surface area contributed by atoms with Crippen LogP contribution in [0.2, 0.25) is 0 Å². The molecule has 7 N–H and O–H groups in total. The summed E-state index contributed by atoms with van der Waals surface area (Å²) in [6.45, 7) is 2.98. The fourth-order valence-electron chi connectivity index (χ4n) is 7.25. The molecular formula is C49H82O17P2. The largest absolute Gasteiger partial charge is 0.472 e. The van der Waals surface area contributed by atoms with Gasteiger partial charge in [-0.05, 0) is 77.0 Å². The molecule has 1 aliphatic carbocycles. The van der Waals surface area contributed by atoms with Crippen molar-refractivity contribution in [3.05, 3.63) is 72.9 Å². The molecule has 1 saturated heterocycles. The number of hydrogen-bond donors (Lipinski definition) is 7. The summed E-state index contributed by atoms with van der Waals surface area (Å²) < 4.78 is 55.0. The van der Waals surface area contributed by atoms with Gasteiger partial charge in [0.05, 0.1) is 18.8 Å². The molecule has 0 aromatic heterocycles. The molecule has 0 aromatic rings. The number of phosphoric acid groups is 2. The van der Waals surface area contributed by atoms with Gasteiger partial charge >= 0.3 is 27.6 Å². The van der Waals surface area contributed by atoms with Gasteiger partial charge in [-0.15, -0.1) is 0 Å². The van der Waals surface area contributed by atoms with Crippen molar-refractivity contribution < 1.29 is 81.6 Å². The highest BCUT2D eigenvalue weighted by molar-refractivity contribution is 7.47. The number of carbonyl (C=O) groups is 2. The Labute approximate surface area is 404 Å². The van der Waals surface area contributed by atoms with Gasteiger partial charge in [-0.3, -0.25) is 23.2 Å². The number of phosphoric ester groups is 2. The van der Waals surface area contributed by atoms with Crippen LogP contribution < -0.4 is 0 Å². The number of unbranched alkanes of at least 4 members (excludes halogenated alkanes) is 10. The van der Waals surface area contributed by atoms with Crippen LogP contribution in [-0.4, -0.2) is 115 Å². The fraction of sp³-hybridized carbons (Fsp3) is 0.714. The minimum Gasteiger partial charge on any atom is -0.462 e. The zero-order valence-electron chi connectivity index (χ0n) is 40.2. The lowest BCUT2D eigenvalue weighted by Gasteiger charge is -2.43. The van der Waals surface area contributed by atoms with E-state index in [9.17, 15) is 53.8 Å². The summed E-state index contributed by atoms with van der Waals surface area (Å²) in [6.07, 6.45) is 30.5. The molecule has 7 unspecified atom stereocenters. The summed E-state index contributed by atoms with van der Waals surface area (Å²) in [4.78, 5) is 54.3. The second kappa shape index (κ2) is 36.3. The SMILES string of the molecule is CCCCCCCC/C=C\C/C=C\C/C=C\CCCC(=O)OC[C@H](COP(=O)(O)O[C@H]1C(O)C(O)C(O)[C@@H](OP(=O)(O)O)C1O)OC(=O)CCC/C=C\C/C=C\C/C=C\CC1OC1CCCCC. The first-order valence-corrected chi connectivity index (χ1v) is 27.6. The molecule has 1 heterocycles.